The maximum Gasteiger partial charge on any atom is 0.339 e. The van der Waals surface area contributed by atoms with Crippen LogP contribution in [0.15, 0.2) is 29.4 Å². The molecular formula is C23H30N2O5. The quantitative estimate of drug-likeness (QED) is 0.668. The molecule has 3 rings (SSSR count). The van der Waals surface area contributed by atoms with Gasteiger partial charge in [-0.1, -0.05) is 13.8 Å². The van der Waals surface area contributed by atoms with E-state index in [-0.39, 0.29) is 11.6 Å². The highest BCUT2D eigenvalue weighted by molar-refractivity contribution is 5.87. The van der Waals surface area contributed by atoms with Gasteiger partial charge in [0.15, 0.2) is 11.5 Å². The lowest BCUT2D eigenvalue weighted by molar-refractivity contribution is 0.0693. The molecule has 1 aliphatic heterocycles. The topological polar surface area (TPSA) is 82.3 Å². The first-order valence-corrected chi connectivity index (χ1v) is 10.2. The van der Waals surface area contributed by atoms with E-state index in [4.69, 9.17) is 14.2 Å². The van der Waals surface area contributed by atoms with Crippen LogP contribution < -0.4 is 14.8 Å². The molecule has 0 saturated carbocycles. The predicted molar refractivity (Wildman–Crippen MR) is 114 cm³/mol. The summed E-state index contributed by atoms with van der Waals surface area (Å²) in [5.41, 5.74) is 3.31. The van der Waals surface area contributed by atoms with Gasteiger partial charge in [0.05, 0.1) is 24.8 Å². The van der Waals surface area contributed by atoms with Gasteiger partial charge in [0.2, 0.25) is 0 Å². The fourth-order valence-electron chi connectivity index (χ4n) is 3.95. The Bertz CT molecular complexity index is 994. The Morgan fingerprint density at radius 1 is 1.23 bits per heavy atom. The second-order valence-corrected chi connectivity index (χ2v) is 7.76. The Balaban J connectivity index is 2.14. The van der Waals surface area contributed by atoms with Gasteiger partial charge in [-0.3, -0.25) is 4.99 Å². The number of carbonyl (C=O) groups is 1. The zero-order chi connectivity index (χ0) is 21.8. The van der Waals surface area contributed by atoms with Crippen LogP contribution in [0.1, 0.15) is 42.2 Å². The van der Waals surface area contributed by atoms with Crippen molar-refractivity contribution in [2.24, 2.45) is 10.9 Å². The van der Waals surface area contributed by atoms with E-state index in [1.165, 1.54) is 0 Å². The molecule has 0 aliphatic carbocycles. The molecule has 1 N–H and O–H groups in total. The van der Waals surface area contributed by atoms with Crippen LogP contribution in [0.2, 0.25) is 0 Å². The molecular weight excluding hydrogens is 384 g/mol. The zero-order valence-corrected chi connectivity index (χ0v) is 18.3. The maximum absolute atomic E-state index is 11.8. The first-order chi connectivity index (χ1) is 14.4. The Morgan fingerprint density at radius 3 is 2.60 bits per heavy atom. The van der Waals surface area contributed by atoms with Crippen molar-refractivity contribution in [2.75, 3.05) is 34.5 Å². The molecule has 1 unspecified atom stereocenters. The fraction of sp³-hybridized carbons (Fsp3) is 0.478. The average Bonchev–Trinajstić information content (AvgIpc) is 2.74. The highest BCUT2D eigenvalue weighted by Gasteiger charge is 2.29. The van der Waals surface area contributed by atoms with Crippen molar-refractivity contribution >= 4 is 5.97 Å². The number of aromatic carboxylic acids is 1. The number of rotatable bonds is 8. The lowest BCUT2D eigenvalue weighted by atomic mass is 9.87. The van der Waals surface area contributed by atoms with Gasteiger partial charge in [0.25, 0.3) is 0 Å². The van der Waals surface area contributed by atoms with Crippen LogP contribution >= 0.6 is 0 Å². The summed E-state index contributed by atoms with van der Waals surface area (Å²) in [5.74, 6) is 0.710. The van der Waals surface area contributed by atoms with Crippen LogP contribution in [0, 0.1) is 5.92 Å². The number of carboxylic acid groups (broad SMARTS) is 1. The van der Waals surface area contributed by atoms with E-state index in [1.54, 1.807) is 27.5 Å². The van der Waals surface area contributed by atoms with Crippen molar-refractivity contribution < 1.29 is 24.1 Å². The number of hydrogen-bond donors (Lipinski definition) is 1. The second kappa shape index (κ2) is 9.34. The summed E-state index contributed by atoms with van der Waals surface area (Å²) in [6.07, 6.45) is 3.30. The molecule has 30 heavy (non-hydrogen) atoms. The van der Waals surface area contributed by atoms with Crippen molar-refractivity contribution in [2.45, 2.75) is 32.7 Å². The molecule has 0 radical (unpaired) electrons. The van der Waals surface area contributed by atoms with E-state index in [0.29, 0.717) is 36.0 Å². The van der Waals surface area contributed by atoms with Crippen LogP contribution in [-0.2, 0) is 11.2 Å². The number of methoxy groups -OCH3 is 2. The molecule has 7 heteroatoms. The number of carboxylic acids is 1. The largest absolute Gasteiger partial charge is 0.493 e. The lowest BCUT2D eigenvalue weighted by Crippen LogP contribution is -2.28. The molecule has 1 aliphatic rings. The number of hydrogen-bond acceptors (Lipinski definition) is 5. The number of benzene rings is 1. The highest BCUT2D eigenvalue weighted by Crippen LogP contribution is 2.42. The Hall–Kier alpha value is -2.80. The van der Waals surface area contributed by atoms with Crippen LogP contribution in [0.3, 0.4) is 0 Å². The molecule has 0 spiro atoms. The molecule has 162 valence electrons. The smallest absolute Gasteiger partial charge is 0.339 e. The van der Waals surface area contributed by atoms with Crippen LogP contribution in [-0.4, -0.2) is 50.1 Å². The minimum Gasteiger partial charge on any atom is -0.493 e. The number of ether oxygens (including phenoxy) is 3. The van der Waals surface area contributed by atoms with Gasteiger partial charge >= 0.3 is 5.97 Å². The van der Waals surface area contributed by atoms with E-state index in [9.17, 15) is 9.90 Å². The molecule has 0 amide bonds. The Kier molecular flexibility index (Phi) is 6.82. The van der Waals surface area contributed by atoms with E-state index >= 15 is 0 Å². The normalized spacial score (nSPS) is 15.7. The predicted octanol–water partition coefficient (Wildman–Crippen LogP) is 3.56. The van der Waals surface area contributed by atoms with Crippen LogP contribution in [0.4, 0.5) is 0 Å². The molecule has 0 bridgehead atoms. The minimum atomic E-state index is -0.975. The van der Waals surface area contributed by atoms with Crippen molar-refractivity contribution in [3.63, 3.8) is 0 Å². The molecule has 1 aromatic heterocycles. The number of pyridine rings is 1. The van der Waals surface area contributed by atoms with Crippen molar-refractivity contribution in [3.8, 4) is 22.8 Å². The summed E-state index contributed by atoms with van der Waals surface area (Å²) in [6.45, 7) is 5.48. The second-order valence-electron chi connectivity index (χ2n) is 7.76. The summed E-state index contributed by atoms with van der Waals surface area (Å²) in [7, 11) is 4.91. The van der Waals surface area contributed by atoms with Crippen molar-refractivity contribution in [1.29, 1.82) is 0 Å². The van der Waals surface area contributed by atoms with Gasteiger partial charge in [-0.15, -0.1) is 0 Å². The van der Waals surface area contributed by atoms with Gasteiger partial charge in [-0.05, 0) is 36.1 Å². The highest BCUT2D eigenvalue weighted by atomic mass is 16.5. The summed E-state index contributed by atoms with van der Waals surface area (Å²) in [6, 6.07) is 6.01. The van der Waals surface area contributed by atoms with Crippen LogP contribution in [0.25, 0.3) is 11.3 Å². The number of fused-ring (bicyclic) bond motifs is 3. The van der Waals surface area contributed by atoms with E-state index in [1.807, 2.05) is 18.2 Å². The zero-order valence-electron chi connectivity index (χ0n) is 18.3. The molecule has 7 nitrogen and oxygen atoms in total. The molecule has 0 fully saturated rings. The van der Waals surface area contributed by atoms with E-state index in [2.05, 4.69) is 23.4 Å². The van der Waals surface area contributed by atoms with Gasteiger partial charge in [0.1, 0.15) is 5.56 Å². The summed E-state index contributed by atoms with van der Waals surface area (Å²) in [5, 5.41) is 10.1. The Labute approximate surface area is 176 Å². The van der Waals surface area contributed by atoms with Crippen molar-refractivity contribution in [3.05, 3.63) is 40.9 Å². The average molecular weight is 415 g/mol. The summed E-state index contributed by atoms with van der Waals surface area (Å²) < 4.78 is 18.7. The maximum atomic E-state index is 11.8. The van der Waals surface area contributed by atoms with E-state index in [0.717, 1.165) is 29.7 Å². The first kappa shape index (κ1) is 21.9. The SMILES string of the molecule is CN=c1cc2n(cc1C(=O)O)C(C(C)C)Cc1cc(OCCCOC)c(OC)cc1-2. The fourth-order valence-corrected chi connectivity index (χ4v) is 3.95. The third-order valence-corrected chi connectivity index (χ3v) is 5.54. The standard InChI is InChI=1S/C23H30N2O5/c1-14(2)19-9-15-10-22(30-8-6-7-28-4)21(29-5)11-16(15)20-12-18(24-3)17(23(26)27)13-25(19)20/h10-14,19H,6-9H2,1-5H3,(H,26,27). The lowest BCUT2D eigenvalue weighted by Gasteiger charge is -2.34. The van der Waals surface area contributed by atoms with Gasteiger partial charge < -0.3 is 23.9 Å². The first-order valence-electron chi connectivity index (χ1n) is 10.2. The molecule has 0 saturated heterocycles. The Morgan fingerprint density at radius 2 is 2.00 bits per heavy atom. The number of nitrogens with zero attached hydrogens (tertiary/aromatic N) is 2. The molecule has 2 heterocycles. The summed E-state index contributed by atoms with van der Waals surface area (Å²) in [4.78, 5) is 16.0. The summed E-state index contributed by atoms with van der Waals surface area (Å²) >= 11 is 0. The number of aromatic nitrogens is 1. The monoisotopic (exact) mass is 414 g/mol. The third kappa shape index (κ3) is 4.21. The van der Waals surface area contributed by atoms with Crippen molar-refractivity contribution in [1.82, 2.24) is 4.57 Å². The molecule has 1 aromatic carbocycles. The van der Waals surface area contributed by atoms with Crippen LogP contribution in [0.5, 0.6) is 11.5 Å². The van der Waals surface area contributed by atoms with Gasteiger partial charge in [-0.25, -0.2) is 4.79 Å². The molecule has 1 atom stereocenters. The van der Waals surface area contributed by atoms with Gasteiger partial charge in [-0.2, -0.15) is 0 Å². The minimum absolute atomic E-state index is 0.131. The molecule has 2 aromatic rings. The third-order valence-electron chi connectivity index (χ3n) is 5.54. The van der Waals surface area contributed by atoms with Gasteiger partial charge in [0, 0.05) is 45.0 Å². The van der Waals surface area contributed by atoms with E-state index < -0.39 is 5.97 Å².